The van der Waals surface area contributed by atoms with Crippen molar-refractivity contribution in [1.82, 2.24) is 25.1 Å². The lowest BCUT2D eigenvalue weighted by atomic mass is 10.2. The standard InChI is InChI=1S/C16H18N6O5/c1-26-13-7-10(3-4-12(13)22-9-17-19-20-22)18-14-11(16(25)27-2)8-21(5-6-23)15(14)24/h3-4,7,9,18,23H,5-6,8H2,1-2H3. The van der Waals surface area contributed by atoms with E-state index in [9.17, 15) is 9.59 Å². The summed E-state index contributed by atoms with van der Waals surface area (Å²) in [6.45, 7) is -0.0256. The summed E-state index contributed by atoms with van der Waals surface area (Å²) in [5.74, 6) is -0.540. The monoisotopic (exact) mass is 374 g/mol. The van der Waals surface area contributed by atoms with Gasteiger partial charge in [-0.3, -0.25) is 4.79 Å². The van der Waals surface area contributed by atoms with E-state index in [2.05, 4.69) is 20.8 Å². The maximum atomic E-state index is 12.6. The number of amides is 1. The topological polar surface area (TPSA) is 132 Å². The zero-order chi connectivity index (χ0) is 19.4. The average molecular weight is 374 g/mol. The second-order valence-corrected chi connectivity index (χ2v) is 5.56. The van der Waals surface area contributed by atoms with Gasteiger partial charge in [-0.25, -0.2) is 4.79 Å². The number of hydrogen-bond acceptors (Lipinski definition) is 9. The van der Waals surface area contributed by atoms with Crippen LogP contribution in [0, 0.1) is 0 Å². The Bertz CT molecular complexity index is 879. The molecular weight excluding hydrogens is 356 g/mol. The third kappa shape index (κ3) is 3.58. The van der Waals surface area contributed by atoms with Crippen LogP contribution in [0.3, 0.4) is 0 Å². The Hall–Kier alpha value is -3.47. The molecule has 1 aliphatic rings. The zero-order valence-electron chi connectivity index (χ0n) is 14.7. The van der Waals surface area contributed by atoms with Crippen LogP contribution in [0.25, 0.3) is 5.69 Å². The van der Waals surface area contributed by atoms with Crippen LogP contribution in [0.4, 0.5) is 5.69 Å². The largest absolute Gasteiger partial charge is 0.494 e. The van der Waals surface area contributed by atoms with Crippen LogP contribution < -0.4 is 10.1 Å². The smallest absolute Gasteiger partial charge is 0.337 e. The zero-order valence-corrected chi connectivity index (χ0v) is 14.7. The number of nitrogens with one attached hydrogen (secondary N) is 1. The molecule has 1 aliphatic heterocycles. The Morgan fingerprint density at radius 2 is 2.19 bits per heavy atom. The van der Waals surface area contributed by atoms with Crippen LogP contribution in [-0.4, -0.2) is 76.0 Å². The number of β-amino-alcohol motifs (C(OH)–C–C–N with tert-alkyl or cyclic N) is 1. The lowest BCUT2D eigenvalue weighted by molar-refractivity contribution is -0.136. The Morgan fingerprint density at radius 1 is 1.37 bits per heavy atom. The number of ether oxygens (including phenoxy) is 2. The summed E-state index contributed by atoms with van der Waals surface area (Å²) in [6.07, 6.45) is 1.43. The SMILES string of the molecule is COC(=O)C1=C(Nc2ccc(-n3cnnn3)c(OC)c2)C(=O)N(CCO)C1. The summed E-state index contributed by atoms with van der Waals surface area (Å²) in [6, 6.07) is 5.06. The lowest BCUT2D eigenvalue weighted by Gasteiger charge is -2.15. The van der Waals surface area contributed by atoms with Gasteiger partial charge in [0.1, 0.15) is 23.5 Å². The van der Waals surface area contributed by atoms with Crippen molar-refractivity contribution in [1.29, 1.82) is 0 Å². The first kappa shape index (κ1) is 18.3. The minimum Gasteiger partial charge on any atom is -0.494 e. The molecular formula is C16H18N6O5. The minimum absolute atomic E-state index is 0.0637. The van der Waals surface area contributed by atoms with Crippen molar-refractivity contribution in [2.24, 2.45) is 0 Å². The van der Waals surface area contributed by atoms with Gasteiger partial charge in [0.2, 0.25) is 0 Å². The van der Waals surface area contributed by atoms with Crippen LogP contribution in [0.15, 0.2) is 35.8 Å². The molecule has 0 saturated heterocycles. The number of rotatable bonds is 7. The molecule has 11 nitrogen and oxygen atoms in total. The number of carbonyl (C=O) groups excluding carboxylic acids is 2. The predicted molar refractivity (Wildman–Crippen MR) is 92.0 cm³/mol. The normalized spacial score (nSPS) is 13.9. The molecule has 0 unspecified atom stereocenters. The van der Waals surface area contributed by atoms with Gasteiger partial charge in [-0.05, 0) is 22.6 Å². The maximum absolute atomic E-state index is 12.6. The third-order valence-corrected chi connectivity index (χ3v) is 4.00. The van der Waals surface area contributed by atoms with E-state index in [-0.39, 0.29) is 31.0 Å². The Labute approximate surface area is 154 Å². The number of nitrogens with zero attached hydrogens (tertiary/aromatic N) is 5. The molecule has 27 heavy (non-hydrogen) atoms. The van der Waals surface area contributed by atoms with E-state index in [1.807, 2.05) is 0 Å². The highest BCUT2D eigenvalue weighted by atomic mass is 16.5. The summed E-state index contributed by atoms with van der Waals surface area (Å²) < 4.78 is 11.6. The van der Waals surface area contributed by atoms with E-state index in [0.717, 1.165) is 0 Å². The molecule has 1 aromatic heterocycles. The van der Waals surface area contributed by atoms with E-state index in [0.29, 0.717) is 17.1 Å². The van der Waals surface area contributed by atoms with E-state index in [1.54, 1.807) is 18.2 Å². The van der Waals surface area contributed by atoms with Crippen molar-refractivity contribution in [3.63, 3.8) is 0 Å². The summed E-state index contributed by atoms with van der Waals surface area (Å²) in [5, 5.41) is 23.1. The first-order valence-electron chi connectivity index (χ1n) is 7.99. The number of anilines is 1. The summed E-state index contributed by atoms with van der Waals surface area (Å²) in [4.78, 5) is 26.0. The van der Waals surface area contributed by atoms with Gasteiger partial charge < -0.3 is 24.8 Å². The molecule has 2 N–H and O–H groups in total. The van der Waals surface area contributed by atoms with Crippen molar-refractivity contribution < 1.29 is 24.2 Å². The molecule has 0 radical (unpaired) electrons. The van der Waals surface area contributed by atoms with Crippen LogP contribution >= 0.6 is 0 Å². The molecule has 0 atom stereocenters. The number of methoxy groups -OCH3 is 2. The van der Waals surface area contributed by atoms with Gasteiger partial charge in [-0.1, -0.05) is 0 Å². The molecule has 0 bridgehead atoms. The third-order valence-electron chi connectivity index (χ3n) is 4.00. The number of aliphatic hydroxyl groups excluding tert-OH is 1. The van der Waals surface area contributed by atoms with Crippen LogP contribution in [0.1, 0.15) is 0 Å². The summed E-state index contributed by atoms with van der Waals surface area (Å²) in [7, 11) is 2.74. The fraction of sp³-hybridized carbons (Fsp3) is 0.312. The Balaban J connectivity index is 1.92. The van der Waals surface area contributed by atoms with Crippen molar-refractivity contribution in [3.8, 4) is 11.4 Å². The van der Waals surface area contributed by atoms with Crippen LogP contribution in [0.5, 0.6) is 5.75 Å². The molecule has 142 valence electrons. The van der Waals surface area contributed by atoms with Gasteiger partial charge in [0.15, 0.2) is 0 Å². The maximum Gasteiger partial charge on any atom is 0.337 e. The molecule has 0 aliphatic carbocycles. The van der Waals surface area contributed by atoms with Gasteiger partial charge in [-0.15, -0.1) is 5.10 Å². The van der Waals surface area contributed by atoms with Gasteiger partial charge in [0.05, 0.1) is 32.9 Å². The Morgan fingerprint density at radius 3 is 2.81 bits per heavy atom. The first-order valence-corrected chi connectivity index (χ1v) is 7.99. The molecule has 1 amide bonds. The predicted octanol–water partition coefficient (Wildman–Crippen LogP) is -0.656. The summed E-state index contributed by atoms with van der Waals surface area (Å²) >= 11 is 0. The number of aromatic nitrogens is 4. The van der Waals surface area contributed by atoms with Crippen molar-refractivity contribution in [2.45, 2.75) is 0 Å². The van der Waals surface area contributed by atoms with E-state index < -0.39 is 11.9 Å². The number of benzene rings is 1. The van der Waals surface area contributed by atoms with E-state index in [4.69, 9.17) is 14.6 Å². The number of esters is 1. The second-order valence-electron chi connectivity index (χ2n) is 5.56. The van der Waals surface area contributed by atoms with Crippen LogP contribution in [-0.2, 0) is 14.3 Å². The van der Waals surface area contributed by atoms with Gasteiger partial charge in [-0.2, -0.15) is 4.68 Å². The van der Waals surface area contributed by atoms with E-state index in [1.165, 1.54) is 30.1 Å². The average Bonchev–Trinajstić information content (AvgIpc) is 3.32. The molecule has 0 fully saturated rings. The fourth-order valence-electron chi connectivity index (χ4n) is 2.71. The van der Waals surface area contributed by atoms with Crippen LogP contribution in [0.2, 0.25) is 0 Å². The van der Waals surface area contributed by atoms with Crippen molar-refractivity contribution in [3.05, 3.63) is 35.8 Å². The van der Waals surface area contributed by atoms with Crippen molar-refractivity contribution >= 4 is 17.6 Å². The Kier molecular flexibility index (Phi) is 5.31. The van der Waals surface area contributed by atoms with Gasteiger partial charge in [0, 0.05) is 18.3 Å². The van der Waals surface area contributed by atoms with E-state index >= 15 is 0 Å². The highest BCUT2D eigenvalue weighted by molar-refractivity contribution is 6.08. The number of carbonyl (C=O) groups is 2. The minimum atomic E-state index is -0.608. The quantitative estimate of drug-likeness (QED) is 0.606. The number of tetrazole rings is 1. The molecule has 0 spiro atoms. The van der Waals surface area contributed by atoms with Gasteiger partial charge >= 0.3 is 5.97 Å². The highest BCUT2D eigenvalue weighted by Crippen LogP contribution is 2.28. The number of aliphatic hydroxyl groups is 1. The second kappa shape index (κ2) is 7.83. The highest BCUT2D eigenvalue weighted by Gasteiger charge is 2.34. The number of hydrogen-bond donors (Lipinski definition) is 2. The molecule has 2 aromatic rings. The molecule has 0 saturated carbocycles. The van der Waals surface area contributed by atoms with Gasteiger partial charge in [0.25, 0.3) is 5.91 Å². The van der Waals surface area contributed by atoms with Crippen molar-refractivity contribution in [2.75, 3.05) is 39.2 Å². The molecule has 11 heteroatoms. The fourth-order valence-corrected chi connectivity index (χ4v) is 2.71. The molecule has 2 heterocycles. The lowest BCUT2D eigenvalue weighted by Crippen LogP contribution is -2.31. The summed E-state index contributed by atoms with van der Waals surface area (Å²) in [5.41, 5.74) is 1.43. The molecule has 1 aromatic carbocycles. The first-order chi connectivity index (χ1) is 13.1. The molecule has 3 rings (SSSR count).